The molecule has 0 saturated heterocycles. The number of nitrogens with one attached hydrogen (secondary N) is 2. The summed E-state index contributed by atoms with van der Waals surface area (Å²) in [6.07, 6.45) is 1.61. The number of hydrogen-bond donors (Lipinski definition) is 2. The fraction of sp³-hybridized carbons (Fsp3) is 0.619. The van der Waals surface area contributed by atoms with E-state index in [2.05, 4.69) is 49.3 Å². The predicted molar refractivity (Wildman–Crippen MR) is 107 cm³/mol. The molecular formula is C21H33N3O2. The highest BCUT2D eigenvalue weighted by molar-refractivity contribution is 6.00. The van der Waals surface area contributed by atoms with E-state index in [1.165, 1.54) is 5.69 Å². The highest BCUT2D eigenvalue weighted by Gasteiger charge is 2.47. The van der Waals surface area contributed by atoms with Gasteiger partial charge in [0.2, 0.25) is 11.8 Å². The Morgan fingerprint density at radius 1 is 1.15 bits per heavy atom. The molecule has 5 nitrogen and oxygen atoms in total. The summed E-state index contributed by atoms with van der Waals surface area (Å²) >= 11 is 0. The van der Waals surface area contributed by atoms with Crippen LogP contribution in [0, 0.1) is 24.7 Å². The lowest BCUT2D eigenvalue weighted by Crippen LogP contribution is -2.29. The average molecular weight is 360 g/mol. The number of rotatable bonds is 9. The van der Waals surface area contributed by atoms with Gasteiger partial charge in [0.15, 0.2) is 0 Å². The highest BCUT2D eigenvalue weighted by Crippen LogP contribution is 2.39. The Kier molecular flexibility index (Phi) is 7.06. The van der Waals surface area contributed by atoms with Crippen LogP contribution in [0.2, 0.25) is 0 Å². The van der Waals surface area contributed by atoms with Gasteiger partial charge in [-0.3, -0.25) is 9.59 Å². The van der Waals surface area contributed by atoms with Crippen LogP contribution in [0.15, 0.2) is 18.2 Å². The van der Waals surface area contributed by atoms with Gasteiger partial charge in [-0.25, -0.2) is 0 Å². The van der Waals surface area contributed by atoms with Gasteiger partial charge in [-0.05, 0) is 63.3 Å². The Bertz CT molecular complexity index is 638. The van der Waals surface area contributed by atoms with Gasteiger partial charge in [0.05, 0.1) is 11.8 Å². The molecule has 1 aliphatic rings. The first-order valence-electron chi connectivity index (χ1n) is 9.81. The molecule has 0 bridgehead atoms. The first-order chi connectivity index (χ1) is 12.4. The summed E-state index contributed by atoms with van der Waals surface area (Å²) in [5.74, 6) is 0.163. The molecule has 0 spiro atoms. The van der Waals surface area contributed by atoms with E-state index in [4.69, 9.17) is 0 Å². The topological polar surface area (TPSA) is 61.4 Å². The summed E-state index contributed by atoms with van der Waals surface area (Å²) in [5, 5.41) is 5.94. The first-order valence-corrected chi connectivity index (χ1v) is 9.81. The lowest BCUT2D eigenvalue weighted by molar-refractivity contribution is -0.125. The third-order valence-electron chi connectivity index (χ3n) is 5.08. The molecule has 2 amide bonds. The Labute approximate surface area is 157 Å². The van der Waals surface area contributed by atoms with Gasteiger partial charge in [-0.1, -0.05) is 13.8 Å². The fourth-order valence-electron chi connectivity index (χ4n) is 3.19. The average Bonchev–Trinajstić information content (AvgIpc) is 3.38. The van der Waals surface area contributed by atoms with Crippen molar-refractivity contribution in [1.29, 1.82) is 0 Å². The molecule has 0 radical (unpaired) electrons. The predicted octanol–water partition coefficient (Wildman–Crippen LogP) is 3.58. The molecule has 1 saturated carbocycles. The minimum Gasteiger partial charge on any atom is -0.372 e. The van der Waals surface area contributed by atoms with Crippen LogP contribution in [0.3, 0.4) is 0 Å². The number of anilines is 2. The van der Waals surface area contributed by atoms with E-state index in [0.29, 0.717) is 18.9 Å². The van der Waals surface area contributed by atoms with Gasteiger partial charge >= 0.3 is 0 Å². The van der Waals surface area contributed by atoms with E-state index in [1.54, 1.807) is 0 Å². The number of amides is 2. The molecular weight excluding hydrogens is 326 g/mol. The van der Waals surface area contributed by atoms with E-state index >= 15 is 0 Å². The molecule has 2 rings (SSSR count). The summed E-state index contributed by atoms with van der Waals surface area (Å²) in [7, 11) is 0. The molecule has 1 fully saturated rings. The smallest absolute Gasteiger partial charge is 0.228 e. The molecule has 26 heavy (non-hydrogen) atoms. The van der Waals surface area contributed by atoms with Crippen LogP contribution in [0.25, 0.3) is 0 Å². The van der Waals surface area contributed by atoms with Crippen LogP contribution in [0.4, 0.5) is 11.4 Å². The number of aryl methyl sites for hydroxylation is 1. The molecule has 0 aromatic heterocycles. The van der Waals surface area contributed by atoms with Crippen LogP contribution in [-0.4, -0.2) is 31.4 Å². The number of hydrogen-bond acceptors (Lipinski definition) is 3. The van der Waals surface area contributed by atoms with E-state index in [1.807, 2.05) is 19.1 Å². The van der Waals surface area contributed by atoms with E-state index in [-0.39, 0.29) is 23.7 Å². The zero-order valence-corrected chi connectivity index (χ0v) is 16.8. The van der Waals surface area contributed by atoms with Gasteiger partial charge in [0.1, 0.15) is 0 Å². The number of carbonyl (C=O) groups is 2. The maximum Gasteiger partial charge on any atom is 0.228 e. The molecule has 2 unspecified atom stereocenters. The molecule has 144 valence electrons. The Hall–Kier alpha value is -2.04. The normalized spacial score (nSPS) is 18.5. The number of nitrogens with zero attached hydrogens (tertiary/aromatic N) is 1. The van der Waals surface area contributed by atoms with Gasteiger partial charge in [-0.2, -0.15) is 0 Å². The molecule has 0 aliphatic heterocycles. The molecule has 0 heterocycles. The Morgan fingerprint density at radius 3 is 2.38 bits per heavy atom. The summed E-state index contributed by atoms with van der Waals surface area (Å²) in [6.45, 7) is 13.1. The van der Waals surface area contributed by atoms with Crippen molar-refractivity contribution in [3.8, 4) is 0 Å². The van der Waals surface area contributed by atoms with Crippen molar-refractivity contribution in [1.82, 2.24) is 5.32 Å². The van der Waals surface area contributed by atoms with E-state index in [0.717, 1.165) is 30.8 Å². The SMILES string of the molecule is CCN(CC)c1ccc(NC(=O)C2CC2C(=O)NCCC(C)C)c(C)c1. The maximum absolute atomic E-state index is 12.5. The second kappa shape index (κ2) is 9.06. The standard InChI is InChI=1S/C21H33N3O2/c1-6-24(7-2)16-8-9-19(15(5)12-16)23-21(26)18-13-17(18)20(25)22-11-10-14(3)4/h8-9,12,14,17-18H,6-7,10-11,13H2,1-5H3,(H,22,25)(H,23,26). The molecule has 2 atom stereocenters. The number of carbonyl (C=O) groups excluding carboxylic acids is 2. The summed E-state index contributed by atoms with van der Waals surface area (Å²) in [6, 6.07) is 6.10. The number of benzene rings is 1. The minimum atomic E-state index is -0.198. The molecule has 1 aromatic carbocycles. The zero-order chi connectivity index (χ0) is 19.3. The Morgan fingerprint density at radius 2 is 1.81 bits per heavy atom. The van der Waals surface area contributed by atoms with Crippen LogP contribution in [-0.2, 0) is 9.59 Å². The molecule has 5 heteroatoms. The van der Waals surface area contributed by atoms with Crippen molar-refractivity contribution in [2.24, 2.45) is 17.8 Å². The molecule has 1 aromatic rings. The van der Waals surface area contributed by atoms with Crippen molar-refractivity contribution >= 4 is 23.2 Å². The van der Waals surface area contributed by atoms with Gasteiger partial charge in [0, 0.05) is 31.0 Å². The van der Waals surface area contributed by atoms with Crippen molar-refractivity contribution in [2.45, 2.75) is 47.5 Å². The van der Waals surface area contributed by atoms with Crippen molar-refractivity contribution < 1.29 is 9.59 Å². The largest absolute Gasteiger partial charge is 0.372 e. The summed E-state index contributed by atoms with van der Waals surface area (Å²) in [4.78, 5) is 26.8. The minimum absolute atomic E-state index is 0.0133. The van der Waals surface area contributed by atoms with Crippen LogP contribution in [0.1, 0.15) is 46.1 Å². The third-order valence-corrected chi connectivity index (χ3v) is 5.08. The summed E-state index contributed by atoms with van der Waals surface area (Å²) in [5.41, 5.74) is 3.04. The van der Waals surface area contributed by atoms with Crippen molar-refractivity contribution in [2.75, 3.05) is 29.9 Å². The zero-order valence-electron chi connectivity index (χ0n) is 16.8. The van der Waals surface area contributed by atoms with Crippen LogP contribution >= 0.6 is 0 Å². The van der Waals surface area contributed by atoms with E-state index < -0.39 is 0 Å². The quantitative estimate of drug-likeness (QED) is 0.708. The monoisotopic (exact) mass is 359 g/mol. The maximum atomic E-state index is 12.5. The first kappa shape index (κ1) is 20.3. The Balaban J connectivity index is 1.88. The fourth-order valence-corrected chi connectivity index (χ4v) is 3.19. The summed E-state index contributed by atoms with van der Waals surface area (Å²) < 4.78 is 0. The van der Waals surface area contributed by atoms with Gasteiger partial charge in [-0.15, -0.1) is 0 Å². The highest BCUT2D eigenvalue weighted by atomic mass is 16.2. The van der Waals surface area contributed by atoms with E-state index in [9.17, 15) is 9.59 Å². The van der Waals surface area contributed by atoms with Crippen molar-refractivity contribution in [3.63, 3.8) is 0 Å². The second-order valence-electron chi connectivity index (χ2n) is 7.58. The van der Waals surface area contributed by atoms with Gasteiger partial charge < -0.3 is 15.5 Å². The molecule has 1 aliphatic carbocycles. The second-order valence-corrected chi connectivity index (χ2v) is 7.58. The van der Waals surface area contributed by atoms with Gasteiger partial charge in [0.25, 0.3) is 0 Å². The molecule has 2 N–H and O–H groups in total. The lowest BCUT2D eigenvalue weighted by Gasteiger charge is -2.22. The van der Waals surface area contributed by atoms with Crippen molar-refractivity contribution in [3.05, 3.63) is 23.8 Å². The third kappa shape index (κ3) is 5.23. The van der Waals surface area contributed by atoms with Crippen LogP contribution < -0.4 is 15.5 Å². The van der Waals surface area contributed by atoms with Crippen LogP contribution in [0.5, 0.6) is 0 Å². The lowest BCUT2D eigenvalue weighted by atomic mass is 10.1.